The molecule has 2 aromatic rings. The molecule has 2 aromatic carbocycles. The van der Waals surface area contributed by atoms with Gasteiger partial charge >= 0.3 is 0 Å². The largest absolute Gasteiger partial charge is 0.497 e. The highest BCUT2D eigenvalue weighted by atomic mass is 35.5. The van der Waals surface area contributed by atoms with Crippen LogP contribution in [0.4, 0.5) is 0 Å². The topological polar surface area (TPSA) is 60.0 Å². The highest BCUT2D eigenvalue weighted by molar-refractivity contribution is 6.30. The van der Waals surface area contributed by atoms with Gasteiger partial charge in [0.05, 0.1) is 19.8 Å². The molecule has 168 valence electrons. The second-order valence-electron chi connectivity index (χ2n) is 8.13. The molecule has 1 fully saturated rings. The van der Waals surface area contributed by atoms with Crippen LogP contribution in [0, 0.1) is 0 Å². The van der Waals surface area contributed by atoms with E-state index in [0.29, 0.717) is 34.4 Å². The van der Waals surface area contributed by atoms with Crippen LogP contribution >= 0.6 is 11.6 Å². The quantitative estimate of drug-likeness (QED) is 0.612. The number of hydrogen-bond donors (Lipinski definition) is 1. The molecule has 0 aliphatic heterocycles. The summed E-state index contributed by atoms with van der Waals surface area (Å²) in [6.07, 6.45) is 4.50. The number of carbonyl (C=O) groups excluding carboxylic acids is 1. The van der Waals surface area contributed by atoms with E-state index in [2.05, 4.69) is 24.3 Å². The van der Waals surface area contributed by atoms with E-state index in [1.54, 1.807) is 38.5 Å². The van der Waals surface area contributed by atoms with Gasteiger partial charge in [-0.2, -0.15) is 0 Å². The summed E-state index contributed by atoms with van der Waals surface area (Å²) in [6.45, 7) is 0.858. The highest BCUT2D eigenvalue weighted by Crippen LogP contribution is 2.37. The van der Waals surface area contributed by atoms with Crippen molar-refractivity contribution in [1.82, 2.24) is 10.2 Å². The van der Waals surface area contributed by atoms with Crippen LogP contribution in [-0.2, 0) is 6.61 Å². The maximum atomic E-state index is 13.2. The minimum absolute atomic E-state index is 0.0110. The third kappa shape index (κ3) is 5.43. The van der Waals surface area contributed by atoms with Gasteiger partial charge in [-0.3, -0.25) is 4.79 Å². The molecule has 1 saturated carbocycles. The SMILES string of the molecule is COc1cc(OC)c(OCc2ccc(Cl)cc2)c(C(=O)NCC2(N(C)C)CCCC2)c1. The van der Waals surface area contributed by atoms with Gasteiger partial charge in [-0.1, -0.05) is 36.6 Å². The first-order valence-electron chi connectivity index (χ1n) is 10.5. The van der Waals surface area contributed by atoms with Crippen LogP contribution in [0.15, 0.2) is 36.4 Å². The molecule has 0 atom stereocenters. The van der Waals surface area contributed by atoms with Crippen molar-refractivity contribution in [3.8, 4) is 17.2 Å². The van der Waals surface area contributed by atoms with Crippen LogP contribution in [0.5, 0.6) is 17.2 Å². The van der Waals surface area contributed by atoms with Crippen molar-refractivity contribution in [1.29, 1.82) is 0 Å². The lowest BCUT2D eigenvalue weighted by molar-refractivity contribution is 0.0894. The van der Waals surface area contributed by atoms with E-state index in [1.807, 2.05) is 12.1 Å². The number of halogens is 1. The minimum atomic E-state index is -0.212. The van der Waals surface area contributed by atoms with Crippen LogP contribution in [0.2, 0.25) is 5.02 Å². The smallest absolute Gasteiger partial charge is 0.255 e. The highest BCUT2D eigenvalue weighted by Gasteiger charge is 2.36. The van der Waals surface area contributed by atoms with Gasteiger partial charge < -0.3 is 24.4 Å². The van der Waals surface area contributed by atoms with Gasteiger partial charge in [-0.25, -0.2) is 0 Å². The normalized spacial score (nSPS) is 15.0. The Balaban J connectivity index is 1.84. The summed E-state index contributed by atoms with van der Waals surface area (Å²) in [4.78, 5) is 15.5. The monoisotopic (exact) mass is 446 g/mol. The average Bonchev–Trinajstić information content (AvgIpc) is 3.27. The Bertz CT molecular complexity index is 893. The van der Waals surface area contributed by atoms with Crippen LogP contribution in [0.3, 0.4) is 0 Å². The Labute approximate surface area is 189 Å². The fourth-order valence-electron chi connectivity index (χ4n) is 4.06. The number of benzene rings is 2. The summed E-state index contributed by atoms with van der Waals surface area (Å²) in [7, 11) is 7.26. The predicted octanol–water partition coefficient (Wildman–Crippen LogP) is 4.54. The van der Waals surface area contributed by atoms with Crippen molar-refractivity contribution < 1.29 is 19.0 Å². The van der Waals surface area contributed by atoms with Crippen molar-refractivity contribution in [3.05, 3.63) is 52.5 Å². The Morgan fingerprint density at radius 3 is 2.35 bits per heavy atom. The molecule has 0 radical (unpaired) electrons. The zero-order chi connectivity index (χ0) is 22.4. The fraction of sp³-hybridized carbons (Fsp3) is 0.458. The molecule has 0 aromatic heterocycles. The third-order valence-corrected chi connectivity index (χ3v) is 6.34. The van der Waals surface area contributed by atoms with Crippen LogP contribution < -0.4 is 19.5 Å². The van der Waals surface area contributed by atoms with Gasteiger partial charge in [0.2, 0.25) is 0 Å². The predicted molar refractivity (Wildman–Crippen MR) is 123 cm³/mol. The zero-order valence-corrected chi connectivity index (χ0v) is 19.4. The van der Waals surface area contributed by atoms with Gasteiger partial charge in [0.1, 0.15) is 12.4 Å². The average molecular weight is 447 g/mol. The molecule has 6 nitrogen and oxygen atoms in total. The number of amides is 1. The Morgan fingerprint density at radius 2 is 1.77 bits per heavy atom. The lowest BCUT2D eigenvalue weighted by Gasteiger charge is -2.36. The van der Waals surface area contributed by atoms with E-state index in [4.69, 9.17) is 25.8 Å². The van der Waals surface area contributed by atoms with Crippen LogP contribution in [0.1, 0.15) is 41.6 Å². The van der Waals surface area contributed by atoms with Crippen molar-refractivity contribution >= 4 is 17.5 Å². The molecule has 3 rings (SSSR count). The lowest BCUT2D eigenvalue weighted by atomic mass is 9.96. The first kappa shape index (κ1) is 23.2. The molecule has 1 amide bonds. The molecule has 0 saturated heterocycles. The molecular weight excluding hydrogens is 416 g/mol. The van der Waals surface area contributed by atoms with Crippen molar-refractivity contribution in [2.75, 3.05) is 34.9 Å². The molecule has 0 unspecified atom stereocenters. The van der Waals surface area contributed by atoms with Gasteiger partial charge in [0.25, 0.3) is 5.91 Å². The van der Waals surface area contributed by atoms with E-state index in [9.17, 15) is 4.79 Å². The second-order valence-corrected chi connectivity index (χ2v) is 8.57. The van der Waals surface area contributed by atoms with Crippen LogP contribution in [-0.4, -0.2) is 51.2 Å². The standard InChI is InChI=1S/C24H31ClN2O4/c1-27(2)24(11-5-6-12-24)16-26-23(28)20-13-19(29-3)14-21(30-4)22(20)31-15-17-7-9-18(25)10-8-17/h7-10,13-14H,5-6,11-12,15-16H2,1-4H3,(H,26,28). The number of methoxy groups -OCH3 is 2. The summed E-state index contributed by atoms with van der Waals surface area (Å²) in [5.74, 6) is 1.16. The number of ether oxygens (including phenoxy) is 3. The van der Waals surface area contributed by atoms with Gasteiger partial charge in [-0.05, 0) is 50.7 Å². The van der Waals surface area contributed by atoms with E-state index in [-0.39, 0.29) is 18.1 Å². The first-order valence-corrected chi connectivity index (χ1v) is 10.9. The molecule has 0 spiro atoms. The molecule has 1 aliphatic rings. The van der Waals surface area contributed by atoms with Crippen molar-refractivity contribution in [2.45, 2.75) is 37.8 Å². The fourth-order valence-corrected chi connectivity index (χ4v) is 4.18. The Morgan fingerprint density at radius 1 is 1.10 bits per heavy atom. The number of hydrogen-bond acceptors (Lipinski definition) is 5. The molecule has 0 bridgehead atoms. The summed E-state index contributed by atoms with van der Waals surface area (Å²) in [6, 6.07) is 10.8. The summed E-state index contributed by atoms with van der Waals surface area (Å²) < 4.78 is 16.9. The Kier molecular flexibility index (Phi) is 7.68. The first-order chi connectivity index (χ1) is 14.9. The van der Waals surface area contributed by atoms with E-state index < -0.39 is 0 Å². The zero-order valence-electron chi connectivity index (χ0n) is 18.7. The van der Waals surface area contributed by atoms with Gasteiger partial charge in [0.15, 0.2) is 11.5 Å². The van der Waals surface area contributed by atoms with Crippen LogP contribution in [0.25, 0.3) is 0 Å². The van der Waals surface area contributed by atoms with E-state index >= 15 is 0 Å². The number of carbonyl (C=O) groups is 1. The second kappa shape index (κ2) is 10.2. The molecule has 0 heterocycles. The van der Waals surface area contributed by atoms with E-state index in [1.165, 1.54) is 12.8 Å². The van der Waals surface area contributed by atoms with Gasteiger partial charge in [-0.15, -0.1) is 0 Å². The number of rotatable bonds is 9. The number of likely N-dealkylation sites (N-methyl/N-ethyl adjacent to an activating group) is 1. The van der Waals surface area contributed by atoms with Crippen molar-refractivity contribution in [3.63, 3.8) is 0 Å². The molecular formula is C24H31ClN2O4. The summed E-state index contributed by atoms with van der Waals surface area (Å²) in [5, 5.41) is 3.78. The molecule has 1 aliphatic carbocycles. The lowest BCUT2D eigenvalue weighted by Crippen LogP contribution is -2.50. The number of nitrogens with one attached hydrogen (secondary N) is 1. The summed E-state index contributed by atoms with van der Waals surface area (Å²) in [5.41, 5.74) is 1.31. The number of nitrogens with zero attached hydrogens (tertiary/aromatic N) is 1. The maximum Gasteiger partial charge on any atom is 0.255 e. The summed E-state index contributed by atoms with van der Waals surface area (Å²) >= 11 is 5.97. The minimum Gasteiger partial charge on any atom is -0.497 e. The molecule has 1 N–H and O–H groups in total. The molecule has 31 heavy (non-hydrogen) atoms. The van der Waals surface area contributed by atoms with Crippen molar-refractivity contribution in [2.24, 2.45) is 0 Å². The maximum absolute atomic E-state index is 13.2. The third-order valence-electron chi connectivity index (χ3n) is 6.09. The molecule has 7 heteroatoms. The van der Waals surface area contributed by atoms with E-state index in [0.717, 1.165) is 18.4 Å². The van der Waals surface area contributed by atoms with Gasteiger partial charge in [0, 0.05) is 23.2 Å². The Hall–Kier alpha value is -2.44.